The average Bonchev–Trinajstić information content (AvgIpc) is 2.68. The quantitative estimate of drug-likeness (QED) is 0.781. The van der Waals surface area contributed by atoms with Crippen LogP contribution in [0.4, 0.5) is 11.5 Å². The molecule has 1 saturated heterocycles. The van der Waals surface area contributed by atoms with Gasteiger partial charge in [0, 0.05) is 51.7 Å². The predicted octanol–water partition coefficient (Wildman–Crippen LogP) is 1.97. The smallest absolute Gasteiger partial charge is 0.236 e. The minimum atomic E-state index is -3.44. The number of sulfonamides is 1. The fraction of sp³-hybridized carbons (Fsp3) is 0.368. The lowest BCUT2D eigenvalue weighted by molar-refractivity contribution is 0.388. The third-order valence-corrected chi connectivity index (χ3v) is 6.14. The molecule has 0 unspecified atom stereocenters. The molecule has 3 rings (SSSR count). The summed E-state index contributed by atoms with van der Waals surface area (Å²) in [5.74, 6) is 0.772. The van der Waals surface area contributed by atoms with Crippen LogP contribution >= 0.6 is 0 Å². The zero-order valence-electron chi connectivity index (χ0n) is 15.9. The van der Waals surface area contributed by atoms with Gasteiger partial charge in [-0.05, 0) is 18.6 Å². The van der Waals surface area contributed by atoms with Crippen molar-refractivity contribution in [1.29, 1.82) is 0 Å². The van der Waals surface area contributed by atoms with Crippen LogP contribution in [0.2, 0.25) is 0 Å². The van der Waals surface area contributed by atoms with E-state index in [1.165, 1.54) is 9.71 Å². The van der Waals surface area contributed by atoms with E-state index in [1.54, 1.807) is 12.3 Å². The molecule has 0 atom stereocenters. The molecule has 0 radical (unpaired) electrons. The molecule has 2 aromatic rings. The Labute approximate surface area is 161 Å². The summed E-state index contributed by atoms with van der Waals surface area (Å²) in [7, 11) is 0.463. The van der Waals surface area contributed by atoms with Crippen molar-refractivity contribution in [3.63, 3.8) is 0 Å². The summed E-state index contributed by atoms with van der Waals surface area (Å²) >= 11 is 0. The fourth-order valence-corrected chi connectivity index (χ4v) is 4.02. The maximum absolute atomic E-state index is 12.6. The van der Waals surface area contributed by atoms with Crippen molar-refractivity contribution in [3.8, 4) is 0 Å². The van der Waals surface area contributed by atoms with Gasteiger partial charge in [-0.1, -0.05) is 29.8 Å². The van der Waals surface area contributed by atoms with Gasteiger partial charge in [-0.25, -0.2) is 8.42 Å². The Hall–Kier alpha value is -2.45. The van der Waals surface area contributed by atoms with E-state index in [0.717, 1.165) is 22.6 Å². The molecule has 0 spiro atoms. The van der Waals surface area contributed by atoms with Crippen LogP contribution in [0.25, 0.3) is 6.08 Å². The molecule has 1 aliphatic heterocycles. The average molecular weight is 388 g/mol. The van der Waals surface area contributed by atoms with Crippen molar-refractivity contribution in [1.82, 2.24) is 14.5 Å². The van der Waals surface area contributed by atoms with Gasteiger partial charge in [0.25, 0.3) is 0 Å². The van der Waals surface area contributed by atoms with E-state index in [1.807, 2.05) is 56.3 Å². The Morgan fingerprint density at radius 2 is 1.74 bits per heavy atom. The molecule has 0 saturated carbocycles. The Bertz CT molecular complexity index is 902. The van der Waals surface area contributed by atoms with Crippen molar-refractivity contribution in [2.24, 2.45) is 0 Å². The molecule has 1 aromatic heterocycles. The second-order valence-electron chi connectivity index (χ2n) is 6.81. The van der Waals surface area contributed by atoms with Crippen molar-refractivity contribution in [2.75, 3.05) is 50.1 Å². The second kappa shape index (κ2) is 8.06. The van der Waals surface area contributed by atoms with Crippen LogP contribution in [0.1, 0.15) is 11.1 Å². The number of rotatable bonds is 5. The van der Waals surface area contributed by atoms with E-state index in [4.69, 9.17) is 0 Å². The van der Waals surface area contributed by atoms with Gasteiger partial charge >= 0.3 is 0 Å². The standard InChI is InChI=1S/C19H25N5O2S/c1-16-4-6-17(7-5-16)8-13-27(25,26)24-11-9-23(10-12-24)19-14-18(22(2)3)15-20-21-19/h4-8,13-15H,9-12H2,1-3H3/b13-8+. The van der Waals surface area contributed by atoms with Crippen molar-refractivity contribution in [3.05, 3.63) is 53.1 Å². The lowest BCUT2D eigenvalue weighted by Crippen LogP contribution is -2.48. The first-order valence-corrected chi connectivity index (χ1v) is 10.4. The maximum Gasteiger partial charge on any atom is 0.236 e. The number of aromatic nitrogens is 2. The highest BCUT2D eigenvalue weighted by Gasteiger charge is 2.26. The van der Waals surface area contributed by atoms with Gasteiger partial charge in [0.1, 0.15) is 0 Å². The zero-order valence-corrected chi connectivity index (χ0v) is 16.7. The van der Waals surface area contributed by atoms with Gasteiger partial charge in [0.2, 0.25) is 10.0 Å². The van der Waals surface area contributed by atoms with Crippen LogP contribution in [0.15, 0.2) is 41.9 Å². The van der Waals surface area contributed by atoms with Crippen LogP contribution in [-0.4, -0.2) is 63.2 Å². The van der Waals surface area contributed by atoms with Crippen molar-refractivity contribution >= 4 is 27.6 Å². The highest BCUT2D eigenvalue weighted by atomic mass is 32.2. The minimum Gasteiger partial charge on any atom is -0.376 e. The molecular formula is C19H25N5O2S. The number of nitrogens with zero attached hydrogens (tertiary/aromatic N) is 5. The van der Waals surface area contributed by atoms with Crippen LogP contribution < -0.4 is 9.80 Å². The number of aryl methyl sites for hydroxylation is 1. The number of piperazine rings is 1. The molecule has 144 valence electrons. The number of hydrogen-bond donors (Lipinski definition) is 0. The normalized spacial score (nSPS) is 16.0. The van der Waals surface area contributed by atoms with Gasteiger partial charge in [0.15, 0.2) is 5.82 Å². The zero-order chi connectivity index (χ0) is 19.4. The number of benzene rings is 1. The van der Waals surface area contributed by atoms with Crippen molar-refractivity contribution < 1.29 is 8.42 Å². The summed E-state index contributed by atoms with van der Waals surface area (Å²) in [4.78, 5) is 4.03. The third-order valence-electron chi connectivity index (χ3n) is 4.58. The molecule has 0 aliphatic carbocycles. The second-order valence-corrected chi connectivity index (χ2v) is 8.63. The highest BCUT2D eigenvalue weighted by molar-refractivity contribution is 7.92. The van der Waals surface area contributed by atoms with Crippen LogP contribution in [0.3, 0.4) is 0 Å². The van der Waals surface area contributed by atoms with E-state index < -0.39 is 10.0 Å². The van der Waals surface area contributed by atoms with Crippen molar-refractivity contribution in [2.45, 2.75) is 6.92 Å². The monoisotopic (exact) mass is 387 g/mol. The summed E-state index contributed by atoms with van der Waals surface area (Å²) in [6.45, 7) is 4.03. The van der Waals surface area contributed by atoms with Gasteiger partial charge in [-0.3, -0.25) is 0 Å². The highest BCUT2D eigenvalue weighted by Crippen LogP contribution is 2.20. The molecule has 1 aromatic carbocycles. The Morgan fingerprint density at radius 1 is 1.07 bits per heavy atom. The minimum absolute atomic E-state index is 0.425. The van der Waals surface area contributed by atoms with E-state index in [-0.39, 0.29) is 0 Å². The fourth-order valence-electron chi connectivity index (χ4n) is 2.84. The van der Waals surface area contributed by atoms with Gasteiger partial charge < -0.3 is 9.80 Å². The molecule has 0 N–H and O–H groups in total. The Kier molecular flexibility index (Phi) is 5.76. The molecule has 0 amide bonds. The molecule has 1 fully saturated rings. The molecule has 7 nitrogen and oxygen atoms in total. The first-order valence-electron chi connectivity index (χ1n) is 8.85. The first-order chi connectivity index (χ1) is 12.8. The summed E-state index contributed by atoms with van der Waals surface area (Å²) in [6.07, 6.45) is 3.35. The Morgan fingerprint density at radius 3 is 2.37 bits per heavy atom. The summed E-state index contributed by atoms with van der Waals surface area (Å²) in [5.41, 5.74) is 2.99. The third kappa shape index (κ3) is 4.84. The van der Waals surface area contributed by atoms with Crippen LogP contribution in [0.5, 0.6) is 0 Å². The van der Waals surface area contributed by atoms with Gasteiger partial charge in [-0.15, -0.1) is 5.10 Å². The van der Waals surface area contributed by atoms with E-state index in [2.05, 4.69) is 15.1 Å². The summed E-state index contributed by atoms with van der Waals surface area (Å²) in [5, 5.41) is 9.52. The van der Waals surface area contributed by atoms with E-state index in [0.29, 0.717) is 26.2 Å². The molecule has 2 heterocycles. The van der Waals surface area contributed by atoms with E-state index >= 15 is 0 Å². The number of hydrogen-bond acceptors (Lipinski definition) is 6. The molecule has 27 heavy (non-hydrogen) atoms. The molecule has 8 heteroatoms. The van der Waals surface area contributed by atoms with Crippen LogP contribution in [0, 0.1) is 6.92 Å². The lowest BCUT2D eigenvalue weighted by Gasteiger charge is -2.34. The molecule has 1 aliphatic rings. The van der Waals surface area contributed by atoms with Gasteiger partial charge in [0.05, 0.1) is 11.9 Å². The Balaban J connectivity index is 1.64. The first kappa shape index (κ1) is 19.3. The van der Waals surface area contributed by atoms with Crippen LogP contribution in [-0.2, 0) is 10.0 Å². The summed E-state index contributed by atoms with van der Waals surface area (Å²) in [6, 6.07) is 9.72. The SMILES string of the molecule is Cc1ccc(/C=C/S(=O)(=O)N2CCN(c3cc(N(C)C)cnn3)CC2)cc1. The summed E-state index contributed by atoms with van der Waals surface area (Å²) < 4.78 is 26.7. The topological polar surface area (TPSA) is 69.6 Å². The lowest BCUT2D eigenvalue weighted by atomic mass is 10.2. The predicted molar refractivity (Wildman–Crippen MR) is 109 cm³/mol. The van der Waals surface area contributed by atoms with E-state index in [9.17, 15) is 8.42 Å². The van der Waals surface area contributed by atoms with Gasteiger partial charge in [-0.2, -0.15) is 9.40 Å². The number of anilines is 2. The molecule has 0 bridgehead atoms. The largest absolute Gasteiger partial charge is 0.376 e. The molecular weight excluding hydrogens is 362 g/mol. The maximum atomic E-state index is 12.6.